The lowest BCUT2D eigenvalue weighted by atomic mass is 10.0. The first-order chi connectivity index (χ1) is 6.04. The zero-order valence-electron chi connectivity index (χ0n) is 7.93. The Balaban J connectivity index is 2.86. The number of rotatable bonds is 3. The van der Waals surface area contributed by atoms with Gasteiger partial charge in [-0.25, -0.2) is 4.68 Å². The van der Waals surface area contributed by atoms with Crippen LogP contribution >= 0.6 is 0 Å². The first kappa shape index (κ1) is 9.85. The van der Waals surface area contributed by atoms with Crippen molar-refractivity contribution in [3.05, 3.63) is 11.9 Å². The predicted molar refractivity (Wildman–Crippen MR) is 46.2 cm³/mol. The summed E-state index contributed by atoms with van der Waals surface area (Å²) in [4.78, 5) is 11.5. The third-order valence-electron chi connectivity index (χ3n) is 1.87. The van der Waals surface area contributed by atoms with Crippen LogP contribution in [-0.2, 0) is 7.05 Å². The normalized spacial score (nSPS) is 13.3. The molecule has 1 rings (SSSR count). The molecule has 13 heavy (non-hydrogen) atoms. The summed E-state index contributed by atoms with van der Waals surface area (Å²) in [6, 6.07) is 0. The number of hydrogen-bond donors (Lipinski definition) is 1. The summed E-state index contributed by atoms with van der Waals surface area (Å²) in [5, 5.41) is 16.7. The van der Waals surface area contributed by atoms with E-state index in [1.807, 2.05) is 0 Å². The molecule has 0 saturated heterocycles. The van der Waals surface area contributed by atoms with Gasteiger partial charge in [0.05, 0.1) is 6.20 Å². The molecule has 0 spiro atoms. The highest BCUT2D eigenvalue weighted by Crippen LogP contribution is 2.08. The number of hydrogen-bond acceptors (Lipinski definition) is 4. The van der Waals surface area contributed by atoms with Crippen LogP contribution in [0.15, 0.2) is 6.20 Å². The van der Waals surface area contributed by atoms with E-state index in [2.05, 4.69) is 10.3 Å². The molecular formula is C8H13N3O2. The van der Waals surface area contributed by atoms with Gasteiger partial charge in [0.15, 0.2) is 0 Å². The highest BCUT2D eigenvalue weighted by Gasteiger charge is 2.23. The van der Waals surface area contributed by atoms with Gasteiger partial charge in [0, 0.05) is 7.05 Å². The van der Waals surface area contributed by atoms with Crippen LogP contribution in [0.5, 0.6) is 0 Å². The van der Waals surface area contributed by atoms with E-state index < -0.39 is 6.10 Å². The maximum absolute atomic E-state index is 11.5. The fourth-order valence-corrected chi connectivity index (χ4v) is 0.967. The fourth-order valence-electron chi connectivity index (χ4n) is 0.967. The van der Waals surface area contributed by atoms with Gasteiger partial charge in [-0.05, 0) is 5.92 Å². The van der Waals surface area contributed by atoms with E-state index in [0.29, 0.717) is 5.69 Å². The van der Waals surface area contributed by atoms with E-state index in [1.54, 1.807) is 20.9 Å². The summed E-state index contributed by atoms with van der Waals surface area (Å²) in [5.41, 5.74) is 0.334. The zero-order chi connectivity index (χ0) is 10.0. The largest absolute Gasteiger partial charge is 0.385 e. The Labute approximate surface area is 76.4 Å². The molecule has 72 valence electrons. The predicted octanol–water partition coefficient (Wildman–Crippen LogP) is 0.0147. The molecule has 1 N–H and O–H groups in total. The summed E-state index contributed by atoms with van der Waals surface area (Å²) in [7, 11) is 1.62. The number of aliphatic hydroxyl groups is 1. The maximum Gasteiger partial charge on any atom is 0.211 e. The number of aliphatic hydroxyl groups excluding tert-OH is 1. The molecule has 0 aliphatic carbocycles. The van der Waals surface area contributed by atoms with E-state index in [1.165, 1.54) is 10.9 Å². The van der Waals surface area contributed by atoms with Crippen LogP contribution in [0, 0.1) is 5.92 Å². The monoisotopic (exact) mass is 183 g/mol. The first-order valence-electron chi connectivity index (χ1n) is 4.11. The Bertz CT molecular complexity index is 306. The Hall–Kier alpha value is -1.23. The molecule has 1 atom stereocenters. The topological polar surface area (TPSA) is 68.0 Å². The second-order valence-electron chi connectivity index (χ2n) is 3.30. The summed E-state index contributed by atoms with van der Waals surface area (Å²) in [6.07, 6.45) is 0.380. The molecule has 1 unspecified atom stereocenters. The number of ketones is 1. The molecule has 0 aromatic carbocycles. The van der Waals surface area contributed by atoms with Crippen LogP contribution in [0.4, 0.5) is 0 Å². The molecule has 1 heterocycles. The van der Waals surface area contributed by atoms with Gasteiger partial charge in [-0.1, -0.05) is 19.1 Å². The Morgan fingerprint density at radius 3 is 2.62 bits per heavy atom. The first-order valence-corrected chi connectivity index (χ1v) is 4.11. The third kappa shape index (κ3) is 1.92. The molecule has 0 amide bonds. The van der Waals surface area contributed by atoms with Crippen LogP contribution in [0.2, 0.25) is 0 Å². The second-order valence-corrected chi connectivity index (χ2v) is 3.30. The van der Waals surface area contributed by atoms with E-state index in [9.17, 15) is 9.90 Å². The van der Waals surface area contributed by atoms with Gasteiger partial charge in [-0.2, -0.15) is 0 Å². The minimum atomic E-state index is -0.975. The fraction of sp³-hybridized carbons (Fsp3) is 0.625. The minimum Gasteiger partial charge on any atom is -0.385 e. The molecule has 0 radical (unpaired) electrons. The van der Waals surface area contributed by atoms with Crippen LogP contribution in [0.25, 0.3) is 0 Å². The molecule has 0 aliphatic rings. The van der Waals surface area contributed by atoms with Crippen LogP contribution in [0.1, 0.15) is 24.3 Å². The van der Waals surface area contributed by atoms with Crippen molar-refractivity contribution in [3.63, 3.8) is 0 Å². The van der Waals surface area contributed by atoms with Crippen molar-refractivity contribution in [2.75, 3.05) is 0 Å². The van der Waals surface area contributed by atoms with Gasteiger partial charge in [0.25, 0.3) is 0 Å². The van der Waals surface area contributed by atoms with Crippen LogP contribution < -0.4 is 0 Å². The average molecular weight is 183 g/mol. The lowest BCUT2D eigenvalue weighted by Gasteiger charge is -2.11. The zero-order valence-corrected chi connectivity index (χ0v) is 7.93. The highest BCUT2D eigenvalue weighted by molar-refractivity contribution is 5.97. The highest BCUT2D eigenvalue weighted by atomic mass is 16.3. The third-order valence-corrected chi connectivity index (χ3v) is 1.87. The van der Waals surface area contributed by atoms with E-state index in [0.717, 1.165) is 0 Å². The van der Waals surface area contributed by atoms with Crippen molar-refractivity contribution < 1.29 is 9.90 Å². The van der Waals surface area contributed by atoms with Crippen LogP contribution in [0.3, 0.4) is 0 Å². The van der Waals surface area contributed by atoms with Gasteiger partial charge in [-0.3, -0.25) is 4.79 Å². The summed E-state index contributed by atoms with van der Waals surface area (Å²) in [6.45, 7) is 3.57. The summed E-state index contributed by atoms with van der Waals surface area (Å²) < 4.78 is 1.36. The van der Waals surface area contributed by atoms with Gasteiger partial charge in [-0.15, -0.1) is 5.10 Å². The van der Waals surface area contributed by atoms with Gasteiger partial charge in [0.2, 0.25) is 5.78 Å². The molecule has 5 heteroatoms. The molecular weight excluding hydrogens is 170 g/mol. The Morgan fingerprint density at radius 2 is 2.23 bits per heavy atom. The molecule has 5 nitrogen and oxygen atoms in total. The molecule has 0 saturated carbocycles. The van der Waals surface area contributed by atoms with Crippen LogP contribution in [-0.4, -0.2) is 32.0 Å². The quantitative estimate of drug-likeness (QED) is 0.670. The molecule has 1 aromatic rings. The van der Waals surface area contributed by atoms with Crippen molar-refractivity contribution in [2.24, 2.45) is 13.0 Å². The Kier molecular flexibility index (Phi) is 2.77. The van der Waals surface area contributed by atoms with Crippen molar-refractivity contribution >= 4 is 5.78 Å². The number of nitrogens with zero attached hydrogens (tertiary/aromatic N) is 3. The van der Waals surface area contributed by atoms with E-state index in [-0.39, 0.29) is 11.7 Å². The van der Waals surface area contributed by atoms with Gasteiger partial charge >= 0.3 is 0 Å². The average Bonchev–Trinajstić information content (AvgIpc) is 2.48. The number of Topliss-reactive ketones (excluding diaryl/α,β-unsaturated/α-hetero) is 1. The summed E-state index contributed by atoms with van der Waals surface area (Å²) in [5.74, 6) is -0.426. The molecule has 1 aromatic heterocycles. The number of aryl methyl sites for hydroxylation is 1. The molecule has 0 aliphatic heterocycles. The minimum absolute atomic E-state index is 0.0950. The van der Waals surface area contributed by atoms with E-state index >= 15 is 0 Å². The van der Waals surface area contributed by atoms with Crippen molar-refractivity contribution in [1.82, 2.24) is 15.0 Å². The van der Waals surface area contributed by atoms with Gasteiger partial charge < -0.3 is 5.11 Å². The SMILES string of the molecule is CC(C)C(O)C(=O)c1cnnn1C. The van der Waals surface area contributed by atoms with Crippen molar-refractivity contribution in [3.8, 4) is 0 Å². The van der Waals surface area contributed by atoms with E-state index in [4.69, 9.17) is 0 Å². The molecule has 0 fully saturated rings. The standard InChI is InChI=1S/C8H13N3O2/c1-5(2)7(12)8(13)6-4-9-10-11(6)3/h4-5,7,12H,1-3H3. The van der Waals surface area contributed by atoms with Crippen molar-refractivity contribution in [1.29, 1.82) is 0 Å². The second kappa shape index (κ2) is 3.66. The Morgan fingerprint density at radius 1 is 1.62 bits per heavy atom. The number of carbonyl (C=O) groups excluding carboxylic acids is 1. The number of carbonyl (C=O) groups is 1. The number of aromatic nitrogens is 3. The maximum atomic E-state index is 11.5. The smallest absolute Gasteiger partial charge is 0.211 e. The summed E-state index contributed by atoms with van der Waals surface area (Å²) >= 11 is 0. The molecule has 0 bridgehead atoms. The lowest BCUT2D eigenvalue weighted by Crippen LogP contribution is -2.27. The van der Waals surface area contributed by atoms with Gasteiger partial charge in [0.1, 0.15) is 11.8 Å². The lowest BCUT2D eigenvalue weighted by molar-refractivity contribution is 0.0637. The van der Waals surface area contributed by atoms with Crippen molar-refractivity contribution in [2.45, 2.75) is 20.0 Å².